The molecule has 0 atom stereocenters. The Morgan fingerprint density at radius 1 is 1.48 bits per heavy atom. The molecule has 0 aliphatic rings. The van der Waals surface area contributed by atoms with Crippen LogP contribution in [0.15, 0.2) is 36.7 Å². The molecule has 0 saturated heterocycles. The number of nitrogens with one attached hydrogen (secondary N) is 2. The third kappa shape index (κ3) is 4.84. The van der Waals surface area contributed by atoms with Crippen molar-refractivity contribution in [3.8, 4) is 0 Å². The highest BCUT2D eigenvalue weighted by molar-refractivity contribution is 7.80. The van der Waals surface area contributed by atoms with E-state index in [2.05, 4.69) is 15.7 Å². The van der Waals surface area contributed by atoms with Crippen molar-refractivity contribution in [1.29, 1.82) is 0 Å². The average Bonchev–Trinajstić information content (AvgIpc) is 2.84. The summed E-state index contributed by atoms with van der Waals surface area (Å²) in [5.41, 5.74) is 1.43. The molecule has 1 aromatic heterocycles. The number of rotatable bonds is 5. The summed E-state index contributed by atoms with van der Waals surface area (Å²) in [7, 11) is 0. The Morgan fingerprint density at radius 3 is 2.95 bits per heavy atom. The van der Waals surface area contributed by atoms with E-state index in [9.17, 15) is 4.79 Å². The molecule has 0 radical (unpaired) electrons. The first-order valence-corrected chi connectivity index (χ1v) is 7.17. The van der Waals surface area contributed by atoms with E-state index in [4.69, 9.17) is 23.8 Å². The van der Waals surface area contributed by atoms with Crippen molar-refractivity contribution in [1.82, 2.24) is 15.1 Å². The monoisotopic (exact) mass is 322 g/mol. The molecule has 0 fully saturated rings. The van der Waals surface area contributed by atoms with Gasteiger partial charge in [-0.3, -0.25) is 9.48 Å². The van der Waals surface area contributed by atoms with Gasteiger partial charge in [0.1, 0.15) is 0 Å². The van der Waals surface area contributed by atoms with Crippen LogP contribution in [0.4, 0.5) is 5.69 Å². The van der Waals surface area contributed by atoms with Gasteiger partial charge in [0, 0.05) is 24.0 Å². The van der Waals surface area contributed by atoms with Crippen LogP contribution in [-0.2, 0) is 6.54 Å². The Balaban J connectivity index is 1.81. The fourth-order valence-corrected chi connectivity index (χ4v) is 2.11. The molecule has 5 nitrogen and oxygen atoms in total. The van der Waals surface area contributed by atoms with Crippen molar-refractivity contribution in [3.63, 3.8) is 0 Å². The zero-order valence-electron chi connectivity index (χ0n) is 11.5. The number of carbonyl (C=O) groups excluding carboxylic acids is 1. The van der Waals surface area contributed by atoms with Crippen LogP contribution >= 0.6 is 23.8 Å². The molecule has 1 aromatic carbocycles. The fraction of sp³-hybridized carbons (Fsp3) is 0.214. The van der Waals surface area contributed by atoms with E-state index in [1.165, 1.54) is 6.92 Å². The largest absolute Gasteiger partial charge is 0.361 e. The average molecular weight is 323 g/mol. The molecule has 2 aromatic rings. The normalized spacial score (nSPS) is 10.2. The van der Waals surface area contributed by atoms with Crippen LogP contribution < -0.4 is 10.6 Å². The van der Waals surface area contributed by atoms with Gasteiger partial charge in [-0.15, -0.1) is 0 Å². The van der Waals surface area contributed by atoms with Crippen molar-refractivity contribution in [2.75, 3.05) is 11.9 Å². The van der Waals surface area contributed by atoms with Crippen LogP contribution in [0.5, 0.6) is 0 Å². The van der Waals surface area contributed by atoms with Crippen LogP contribution in [0.2, 0.25) is 5.02 Å². The molecule has 7 heteroatoms. The quantitative estimate of drug-likeness (QED) is 0.655. The number of thiocarbonyl (C=S) groups is 1. The number of aromatic nitrogens is 2. The zero-order valence-corrected chi connectivity index (χ0v) is 13.0. The summed E-state index contributed by atoms with van der Waals surface area (Å²) in [6.45, 7) is 2.81. The van der Waals surface area contributed by atoms with Gasteiger partial charge < -0.3 is 10.6 Å². The summed E-state index contributed by atoms with van der Waals surface area (Å²) in [4.78, 5) is 11.3. The minimum Gasteiger partial charge on any atom is -0.361 e. The molecule has 0 saturated carbocycles. The number of benzene rings is 1. The number of carbonyl (C=O) groups is 1. The summed E-state index contributed by atoms with van der Waals surface area (Å²) < 4.78 is 1.73. The molecule has 1 heterocycles. The third-order valence-electron chi connectivity index (χ3n) is 2.76. The number of hydrogen-bond donors (Lipinski definition) is 2. The first kappa shape index (κ1) is 15.5. The Bertz CT molecular complexity index is 656. The molecule has 110 valence electrons. The zero-order chi connectivity index (χ0) is 15.2. The maximum atomic E-state index is 11.3. The smallest absolute Gasteiger partial charge is 0.170 e. The van der Waals surface area contributed by atoms with Crippen LogP contribution in [0.25, 0.3) is 0 Å². The summed E-state index contributed by atoms with van der Waals surface area (Å²) in [6.07, 6.45) is 3.33. The summed E-state index contributed by atoms with van der Waals surface area (Å²) in [6, 6.07) is 7.20. The molecule has 0 aliphatic heterocycles. The van der Waals surface area contributed by atoms with Crippen molar-refractivity contribution in [2.45, 2.75) is 13.5 Å². The molecule has 0 amide bonds. The van der Waals surface area contributed by atoms with Gasteiger partial charge >= 0.3 is 0 Å². The minimum absolute atomic E-state index is 0.0214. The van der Waals surface area contributed by atoms with Gasteiger partial charge in [-0.2, -0.15) is 5.10 Å². The molecule has 2 rings (SSSR count). The molecule has 0 aliphatic carbocycles. The Morgan fingerprint density at radius 2 is 2.29 bits per heavy atom. The summed E-state index contributed by atoms with van der Waals surface area (Å²) in [5, 5.41) is 11.3. The lowest BCUT2D eigenvalue weighted by Crippen LogP contribution is -2.31. The van der Waals surface area contributed by atoms with Crippen molar-refractivity contribution < 1.29 is 4.79 Å². The van der Waals surface area contributed by atoms with Crippen molar-refractivity contribution >= 4 is 40.4 Å². The Kier molecular flexibility index (Phi) is 5.30. The van der Waals surface area contributed by atoms with Crippen LogP contribution in [0, 0.1) is 0 Å². The van der Waals surface area contributed by atoms with E-state index in [1.807, 2.05) is 12.1 Å². The first-order valence-electron chi connectivity index (χ1n) is 6.38. The van der Waals surface area contributed by atoms with Gasteiger partial charge in [-0.05, 0) is 31.3 Å². The number of anilines is 1. The van der Waals surface area contributed by atoms with Gasteiger partial charge in [0.25, 0.3) is 0 Å². The van der Waals surface area contributed by atoms with Gasteiger partial charge in [-0.1, -0.05) is 23.7 Å². The van der Waals surface area contributed by atoms with E-state index in [-0.39, 0.29) is 5.78 Å². The highest BCUT2D eigenvalue weighted by Gasteiger charge is 2.02. The van der Waals surface area contributed by atoms with Crippen molar-refractivity contribution in [3.05, 3.63) is 47.2 Å². The number of ketones is 1. The van der Waals surface area contributed by atoms with E-state index >= 15 is 0 Å². The second kappa shape index (κ2) is 7.19. The second-order valence-corrected chi connectivity index (χ2v) is 5.28. The van der Waals surface area contributed by atoms with E-state index in [1.54, 1.807) is 29.2 Å². The number of Topliss-reactive ketones (excluding diaryl/α,β-unsaturated/α-hetero) is 1. The van der Waals surface area contributed by atoms with Crippen LogP contribution in [0.1, 0.15) is 17.3 Å². The molecule has 0 spiro atoms. The number of nitrogens with zero attached hydrogens (tertiary/aromatic N) is 2. The van der Waals surface area contributed by atoms with Gasteiger partial charge in [0.15, 0.2) is 10.9 Å². The molecule has 2 N–H and O–H groups in total. The maximum Gasteiger partial charge on any atom is 0.170 e. The standard InChI is InChI=1S/C14H15ClN4OS/c1-10(20)11-3-2-4-13(7-11)18-14(21)16-5-6-19-9-12(15)8-17-19/h2-4,7-9H,5-6H2,1H3,(H2,16,18,21). The molecule has 21 heavy (non-hydrogen) atoms. The highest BCUT2D eigenvalue weighted by Crippen LogP contribution is 2.11. The lowest BCUT2D eigenvalue weighted by atomic mass is 10.1. The molecular formula is C14H15ClN4OS. The van der Waals surface area contributed by atoms with Gasteiger partial charge in [-0.25, -0.2) is 0 Å². The maximum absolute atomic E-state index is 11.3. The third-order valence-corrected chi connectivity index (χ3v) is 3.20. The predicted octanol–water partition coefficient (Wildman–Crippen LogP) is 2.73. The topological polar surface area (TPSA) is 59.0 Å². The predicted molar refractivity (Wildman–Crippen MR) is 87.9 cm³/mol. The number of hydrogen-bond acceptors (Lipinski definition) is 3. The van der Waals surface area contributed by atoms with E-state index in [0.717, 1.165) is 5.69 Å². The van der Waals surface area contributed by atoms with Gasteiger partial charge in [0.05, 0.1) is 17.8 Å². The lowest BCUT2D eigenvalue weighted by molar-refractivity contribution is 0.101. The number of halogens is 1. The Labute approximate surface area is 133 Å². The minimum atomic E-state index is 0.0214. The van der Waals surface area contributed by atoms with E-state index < -0.39 is 0 Å². The summed E-state index contributed by atoms with van der Waals surface area (Å²) >= 11 is 11.0. The summed E-state index contributed by atoms with van der Waals surface area (Å²) in [5.74, 6) is 0.0214. The highest BCUT2D eigenvalue weighted by atomic mass is 35.5. The fourth-order valence-electron chi connectivity index (χ4n) is 1.74. The first-order chi connectivity index (χ1) is 10.0. The molecule has 0 unspecified atom stereocenters. The van der Waals surface area contributed by atoms with Crippen LogP contribution in [0.3, 0.4) is 0 Å². The van der Waals surface area contributed by atoms with Crippen LogP contribution in [-0.4, -0.2) is 27.2 Å². The molecule has 0 bridgehead atoms. The SMILES string of the molecule is CC(=O)c1cccc(NC(=S)NCCn2cc(Cl)cn2)c1. The van der Waals surface area contributed by atoms with Gasteiger partial charge in [0.2, 0.25) is 0 Å². The van der Waals surface area contributed by atoms with E-state index in [0.29, 0.717) is 28.8 Å². The lowest BCUT2D eigenvalue weighted by Gasteiger charge is -2.11. The Hall–Kier alpha value is -1.92. The molecular weight excluding hydrogens is 308 g/mol. The second-order valence-electron chi connectivity index (χ2n) is 4.44. The van der Waals surface area contributed by atoms with Crippen molar-refractivity contribution in [2.24, 2.45) is 0 Å².